The van der Waals surface area contributed by atoms with Gasteiger partial charge in [-0.2, -0.15) is 0 Å². The SMILES string of the molecule is CCNc1nc(C2CC2)nc(Sc2ccncc2)c1C. The van der Waals surface area contributed by atoms with Crippen molar-refractivity contribution >= 4 is 17.6 Å². The molecule has 1 N–H and O–H groups in total. The average Bonchev–Trinajstić information content (AvgIpc) is 3.29. The van der Waals surface area contributed by atoms with Gasteiger partial charge >= 0.3 is 0 Å². The Hall–Kier alpha value is -1.62. The van der Waals surface area contributed by atoms with Gasteiger partial charge in [0.15, 0.2) is 0 Å². The zero-order chi connectivity index (χ0) is 13.9. The molecule has 0 amide bonds. The summed E-state index contributed by atoms with van der Waals surface area (Å²) in [7, 11) is 0. The maximum absolute atomic E-state index is 4.76. The molecule has 0 radical (unpaired) electrons. The minimum absolute atomic E-state index is 0.560. The van der Waals surface area contributed by atoms with Crippen molar-refractivity contribution < 1.29 is 0 Å². The molecule has 5 heteroatoms. The Bertz CT molecular complexity index is 596. The summed E-state index contributed by atoms with van der Waals surface area (Å²) in [5.41, 5.74) is 1.12. The monoisotopic (exact) mass is 286 g/mol. The summed E-state index contributed by atoms with van der Waals surface area (Å²) in [6.07, 6.45) is 6.06. The molecular weight excluding hydrogens is 268 g/mol. The number of hydrogen-bond donors (Lipinski definition) is 1. The van der Waals surface area contributed by atoms with Crippen LogP contribution in [0.5, 0.6) is 0 Å². The van der Waals surface area contributed by atoms with Crippen LogP contribution in [0.1, 0.15) is 37.1 Å². The van der Waals surface area contributed by atoms with Crippen LogP contribution in [0.25, 0.3) is 0 Å². The standard InChI is InChI=1S/C15H18N4S/c1-3-17-13-10(2)15(19-14(18-13)11-4-5-11)20-12-6-8-16-9-7-12/h6-9,11H,3-5H2,1-2H3,(H,17,18,19). The zero-order valence-corrected chi connectivity index (χ0v) is 12.6. The Morgan fingerprint density at radius 2 is 2.00 bits per heavy atom. The molecule has 0 aliphatic heterocycles. The Labute approximate surface area is 123 Å². The Morgan fingerprint density at radius 1 is 1.25 bits per heavy atom. The molecule has 104 valence electrons. The molecule has 2 aromatic rings. The number of pyridine rings is 1. The molecule has 1 aliphatic carbocycles. The molecule has 0 aromatic carbocycles. The van der Waals surface area contributed by atoms with Crippen molar-refractivity contribution in [1.29, 1.82) is 0 Å². The normalized spacial score (nSPS) is 14.3. The molecule has 0 bridgehead atoms. The molecule has 3 rings (SSSR count). The first-order chi connectivity index (χ1) is 9.78. The summed E-state index contributed by atoms with van der Waals surface area (Å²) >= 11 is 1.68. The highest BCUT2D eigenvalue weighted by Crippen LogP contribution is 2.40. The van der Waals surface area contributed by atoms with Crippen LogP contribution in [0.2, 0.25) is 0 Å². The number of nitrogens with one attached hydrogen (secondary N) is 1. The van der Waals surface area contributed by atoms with Gasteiger partial charge in [0.2, 0.25) is 0 Å². The van der Waals surface area contributed by atoms with Gasteiger partial charge in [-0.1, -0.05) is 11.8 Å². The number of hydrogen-bond acceptors (Lipinski definition) is 5. The minimum atomic E-state index is 0.560. The predicted molar refractivity (Wildman–Crippen MR) is 81.3 cm³/mol. The summed E-state index contributed by atoms with van der Waals surface area (Å²) < 4.78 is 0. The fraction of sp³-hybridized carbons (Fsp3) is 0.400. The van der Waals surface area contributed by atoms with E-state index in [1.165, 1.54) is 12.8 Å². The Balaban J connectivity index is 1.95. The van der Waals surface area contributed by atoms with Gasteiger partial charge < -0.3 is 5.32 Å². The van der Waals surface area contributed by atoms with E-state index in [1.807, 2.05) is 24.5 Å². The topological polar surface area (TPSA) is 50.7 Å². The van der Waals surface area contributed by atoms with Gasteiger partial charge in [-0.05, 0) is 38.8 Å². The van der Waals surface area contributed by atoms with E-state index in [4.69, 9.17) is 4.98 Å². The highest BCUT2D eigenvalue weighted by atomic mass is 32.2. The Kier molecular flexibility index (Phi) is 3.87. The van der Waals surface area contributed by atoms with Crippen molar-refractivity contribution in [1.82, 2.24) is 15.0 Å². The van der Waals surface area contributed by atoms with Gasteiger partial charge in [0.05, 0.1) is 0 Å². The molecule has 1 fully saturated rings. The lowest BCUT2D eigenvalue weighted by Gasteiger charge is -2.12. The fourth-order valence-corrected chi connectivity index (χ4v) is 2.86. The van der Waals surface area contributed by atoms with E-state index in [1.54, 1.807) is 11.8 Å². The third kappa shape index (κ3) is 2.93. The number of aromatic nitrogens is 3. The van der Waals surface area contributed by atoms with Crippen molar-refractivity contribution in [3.05, 3.63) is 35.9 Å². The van der Waals surface area contributed by atoms with Gasteiger partial charge in [-0.15, -0.1) is 0 Å². The number of rotatable bonds is 5. The molecule has 2 aromatic heterocycles. The molecule has 0 atom stereocenters. The van der Waals surface area contributed by atoms with Crippen LogP contribution >= 0.6 is 11.8 Å². The lowest BCUT2D eigenvalue weighted by Crippen LogP contribution is -2.07. The average molecular weight is 286 g/mol. The summed E-state index contributed by atoms with van der Waals surface area (Å²) in [6, 6.07) is 4.02. The van der Waals surface area contributed by atoms with Gasteiger partial charge in [0, 0.05) is 35.3 Å². The van der Waals surface area contributed by atoms with Crippen LogP contribution in [0.15, 0.2) is 34.4 Å². The van der Waals surface area contributed by atoms with E-state index in [0.29, 0.717) is 5.92 Å². The second-order valence-corrected chi connectivity index (χ2v) is 6.01. The number of nitrogens with zero attached hydrogens (tertiary/aromatic N) is 3. The first kappa shape index (κ1) is 13.4. The van der Waals surface area contributed by atoms with E-state index in [-0.39, 0.29) is 0 Å². The van der Waals surface area contributed by atoms with Gasteiger partial charge in [0.25, 0.3) is 0 Å². The van der Waals surface area contributed by atoms with Crippen molar-refractivity contribution in [2.75, 3.05) is 11.9 Å². The maximum atomic E-state index is 4.76. The minimum Gasteiger partial charge on any atom is -0.370 e. The third-order valence-electron chi connectivity index (χ3n) is 3.27. The summed E-state index contributed by atoms with van der Waals surface area (Å²) in [6.45, 7) is 5.05. The lowest BCUT2D eigenvalue weighted by atomic mass is 10.3. The van der Waals surface area contributed by atoms with E-state index in [9.17, 15) is 0 Å². The highest BCUT2D eigenvalue weighted by molar-refractivity contribution is 7.99. The second kappa shape index (κ2) is 5.79. The van der Waals surface area contributed by atoms with E-state index in [2.05, 4.69) is 29.1 Å². The summed E-state index contributed by atoms with van der Waals surface area (Å²) in [5.74, 6) is 2.52. The molecule has 0 saturated heterocycles. The van der Waals surface area contributed by atoms with Crippen LogP contribution in [0.3, 0.4) is 0 Å². The first-order valence-corrected chi connectivity index (χ1v) is 7.80. The van der Waals surface area contributed by atoms with Crippen molar-refractivity contribution in [2.45, 2.75) is 42.5 Å². The number of anilines is 1. The second-order valence-electron chi connectivity index (χ2n) is 4.95. The first-order valence-electron chi connectivity index (χ1n) is 6.98. The van der Waals surface area contributed by atoms with E-state index < -0.39 is 0 Å². The quantitative estimate of drug-likeness (QED) is 0.850. The fourth-order valence-electron chi connectivity index (χ4n) is 1.99. The van der Waals surface area contributed by atoms with Gasteiger partial charge in [-0.3, -0.25) is 4.98 Å². The molecule has 4 nitrogen and oxygen atoms in total. The van der Waals surface area contributed by atoms with Crippen molar-refractivity contribution in [3.8, 4) is 0 Å². The molecule has 20 heavy (non-hydrogen) atoms. The van der Waals surface area contributed by atoms with Crippen LogP contribution in [-0.2, 0) is 0 Å². The lowest BCUT2D eigenvalue weighted by molar-refractivity contribution is 0.861. The smallest absolute Gasteiger partial charge is 0.135 e. The zero-order valence-electron chi connectivity index (χ0n) is 11.8. The Morgan fingerprint density at radius 3 is 2.65 bits per heavy atom. The largest absolute Gasteiger partial charge is 0.370 e. The van der Waals surface area contributed by atoms with Crippen LogP contribution in [0.4, 0.5) is 5.82 Å². The van der Waals surface area contributed by atoms with Gasteiger partial charge in [-0.25, -0.2) is 9.97 Å². The van der Waals surface area contributed by atoms with Crippen LogP contribution in [-0.4, -0.2) is 21.5 Å². The highest BCUT2D eigenvalue weighted by Gasteiger charge is 2.28. The van der Waals surface area contributed by atoms with Crippen LogP contribution < -0.4 is 5.32 Å². The molecule has 1 aliphatic rings. The van der Waals surface area contributed by atoms with E-state index in [0.717, 1.165) is 33.7 Å². The molecule has 1 saturated carbocycles. The van der Waals surface area contributed by atoms with Crippen molar-refractivity contribution in [2.24, 2.45) is 0 Å². The van der Waals surface area contributed by atoms with E-state index >= 15 is 0 Å². The summed E-state index contributed by atoms with van der Waals surface area (Å²) in [5, 5.41) is 4.39. The molecule has 0 unspecified atom stereocenters. The third-order valence-corrected chi connectivity index (χ3v) is 4.37. The predicted octanol–water partition coefficient (Wildman–Crippen LogP) is 3.64. The maximum Gasteiger partial charge on any atom is 0.135 e. The van der Waals surface area contributed by atoms with Gasteiger partial charge in [0.1, 0.15) is 16.7 Å². The van der Waals surface area contributed by atoms with Crippen molar-refractivity contribution in [3.63, 3.8) is 0 Å². The molecule has 2 heterocycles. The molecular formula is C15H18N4S. The molecule has 0 spiro atoms. The van der Waals surface area contributed by atoms with Crippen LogP contribution in [0, 0.1) is 6.92 Å². The summed E-state index contributed by atoms with van der Waals surface area (Å²) in [4.78, 5) is 14.7.